The van der Waals surface area contributed by atoms with Crippen LogP contribution >= 0.6 is 11.9 Å². The summed E-state index contributed by atoms with van der Waals surface area (Å²) < 4.78 is 1.22. The maximum absolute atomic E-state index is 10.8. The van der Waals surface area contributed by atoms with Crippen LogP contribution < -0.4 is 9.37 Å². The Balaban J connectivity index is 1.25. The number of hydrogen-bond donors (Lipinski definition) is 1. The highest BCUT2D eigenvalue weighted by Gasteiger charge is 2.36. The summed E-state index contributed by atoms with van der Waals surface area (Å²) in [5, 5.41) is 10.8. The van der Waals surface area contributed by atoms with Crippen LogP contribution in [0.15, 0.2) is 132 Å². The predicted molar refractivity (Wildman–Crippen MR) is 155 cm³/mol. The molecule has 5 aromatic carbocycles. The molecule has 0 spiro atoms. The number of benzene rings is 5. The van der Waals surface area contributed by atoms with E-state index in [0.29, 0.717) is 0 Å². The lowest BCUT2D eigenvalue weighted by Gasteiger charge is -2.42. The Labute approximate surface area is 222 Å². The molecule has 0 saturated heterocycles. The highest BCUT2D eigenvalue weighted by molar-refractivity contribution is 8.00. The van der Waals surface area contributed by atoms with Gasteiger partial charge in [-0.2, -0.15) is 4.47 Å². The average Bonchev–Trinajstić information content (AvgIpc) is 2.95. The van der Waals surface area contributed by atoms with Crippen LogP contribution in [-0.4, -0.2) is 5.21 Å². The van der Waals surface area contributed by atoms with Crippen LogP contribution in [0.2, 0.25) is 0 Å². The summed E-state index contributed by atoms with van der Waals surface area (Å²) in [6.45, 7) is 4.59. The minimum Gasteiger partial charge on any atom is -0.310 e. The molecule has 1 aliphatic heterocycles. The van der Waals surface area contributed by atoms with Gasteiger partial charge in [-0.15, -0.1) is 0 Å². The molecule has 0 fully saturated rings. The number of nitrogens with zero attached hydrogens (tertiary/aromatic N) is 2. The Bertz CT molecular complexity index is 1480. The molecule has 0 aromatic heterocycles. The van der Waals surface area contributed by atoms with Crippen molar-refractivity contribution in [3.63, 3.8) is 0 Å². The first-order chi connectivity index (χ1) is 18.0. The van der Waals surface area contributed by atoms with Gasteiger partial charge in [0.2, 0.25) is 0 Å². The van der Waals surface area contributed by atoms with Crippen LogP contribution in [0.25, 0.3) is 11.1 Å². The van der Waals surface area contributed by atoms with Crippen molar-refractivity contribution < 1.29 is 5.21 Å². The number of hydrogen-bond acceptors (Lipinski definition) is 4. The fourth-order valence-electron chi connectivity index (χ4n) is 5.17. The van der Waals surface area contributed by atoms with Crippen LogP contribution in [0.4, 0.5) is 22.7 Å². The third-order valence-corrected chi connectivity index (χ3v) is 7.99. The highest BCUT2D eigenvalue weighted by atomic mass is 32.2. The molecule has 1 N–H and O–H groups in total. The summed E-state index contributed by atoms with van der Waals surface area (Å²) in [6, 6.07) is 43.9. The van der Waals surface area contributed by atoms with Crippen LogP contribution in [0.1, 0.15) is 25.0 Å². The second kappa shape index (κ2) is 9.47. The third-order valence-electron chi connectivity index (χ3n) is 7.12. The first-order valence-electron chi connectivity index (χ1n) is 12.4. The van der Waals surface area contributed by atoms with Crippen molar-refractivity contribution in [3.05, 3.63) is 139 Å². The second-order valence-electron chi connectivity index (χ2n) is 9.77. The minimum absolute atomic E-state index is 0.0765. The summed E-state index contributed by atoms with van der Waals surface area (Å²) in [5.41, 5.74) is 9.06. The molecule has 0 atom stereocenters. The van der Waals surface area contributed by atoms with Gasteiger partial charge in [0.05, 0.1) is 17.1 Å². The van der Waals surface area contributed by atoms with Crippen molar-refractivity contribution in [1.82, 2.24) is 0 Å². The monoisotopic (exact) mass is 500 g/mol. The zero-order valence-corrected chi connectivity index (χ0v) is 21.7. The Morgan fingerprint density at radius 2 is 1.11 bits per heavy atom. The molecule has 0 saturated carbocycles. The molecule has 0 aliphatic carbocycles. The number of rotatable bonds is 5. The van der Waals surface area contributed by atoms with Crippen molar-refractivity contribution in [1.29, 1.82) is 0 Å². The predicted octanol–water partition coefficient (Wildman–Crippen LogP) is 9.37. The van der Waals surface area contributed by atoms with Crippen LogP contribution in [0.5, 0.6) is 0 Å². The lowest BCUT2D eigenvalue weighted by molar-refractivity contribution is 0.332. The Hall–Kier alpha value is -3.99. The Morgan fingerprint density at radius 3 is 1.70 bits per heavy atom. The van der Waals surface area contributed by atoms with E-state index in [2.05, 4.69) is 104 Å². The van der Waals surface area contributed by atoms with Crippen molar-refractivity contribution in [2.75, 3.05) is 9.37 Å². The van der Waals surface area contributed by atoms with Crippen molar-refractivity contribution in [2.45, 2.75) is 24.2 Å². The molecule has 3 nitrogen and oxygen atoms in total. The molecular formula is C33H28N2OS. The Morgan fingerprint density at radius 1 is 0.595 bits per heavy atom. The maximum atomic E-state index is 10.8. The van der Waals surface area contributed by atoms with Gasteiger partial charge >= 0.3 is 0 Å². The highest BCUT2D eigenvalue weighted by Crippen LogP contribution is 2.51. The number of anilines is 4. The van der Waals surface area contributed by atoms with E-state index in [1.165, 1.54) is 38.9 Å². The normalized spacial score (nSPS) is 13.5. The molecule has 1 aliphatic rings. The van der Waals surface area contributed by atoms with E-state index in [-0.39, 0.29) is 5.41 Å². The lowest BCUT2D eigenvalue weighted by Crippen LogP contribution is -2.30. The first-order valence-corrected chi connectivity index (χ1v) is 13.2. The first kappa shape index (κ1) is 23.4. The summed E-state index contributed by atoms with van der Waals surface area (Å²) in [4.78, 5) is 3.29. The molecule has 0 bridgehead atoms. The van der Waals surface area contributed by atoms with Gasteiger partial charge in [0, 0.05) is 27.9 Å². The molecule has 182 valence electrons. The molecule has 5 aromatic rings. The molecule has 6 rings (SSSR count). The number of para-hydroxylation sites is 2. The van der Waals surface area contributed by atoms with E-state index in [4.69, 9.17) is 0 Å². The van der Waals surface area contributed by atoms with Gasteiger partial charge in [-0.25, -0.2) is 0 Å². The quantitative estimate of drug-likeness (QED) is 0.192. The molecule has 0 amide bonds. The fourth-order valence-corrected chi connectivity index (χ4v) is 5.85. The van der Waals surface area contributed by atoms with Crippen LogP contribution in [0.3, 0.4) is 0 Å². The average molecular weight is 501 g/mol. The number of fused-ring (bicyclic) bond motifs is 2. The van der Waals surface area contributed by atoms with E-state index in [9.17, 15) is 5.21 Å². The van der Waals surface area contributed by atoms with Gasteiger partial charge in [0.1, 0.15) is 0 Å². The summed E-state index contributed by atoms with van der Waals surface area (Å²) >= 11 is 1.30. The van der Waals surface area contributed by atoms with Crippen molar-refractivity contribution in [2.24, 2.45) is 0 Å². The fraction of sp³-hybridized carbons (Fsp3) is 0.0909. The Kier molecular flexibility index (Phi) is 5.99. The molecule has 37 heavy (non-hydrogen) atoms. The van der Waals surface area contributed by atoms with E-state index in [1.807, 2.05) is 42.5 Å². The maximum Gasteiger partial charge on any atom is 0.0768 e. The topological polar surface area (TPSA) is 26.7 Å². The molecule has 0 radical (unpaired) electrons. The second-order valence-corrected chi connectivity index (χ2v) is 10.8. The summed E-state index contributed by atoms with van der Waals surface area (Å²) in [5.74, 6) is 0. The minimum atomic E-state index is -0.0765. The van der Waals surface area contributed by atoms with Gasteiger partial charge in [-0.1, -0.05) is 92.7 Å². The zero-order chi connectivity index (χ0) is 25.4. The zero-order valence-electron chi connectivity index (χ0n) is 20.9. The summed E-state index contributed by atoms with van der Waals surface area (Å²) in [6.07, 6.45) is 0. The van der Waals surface area contributed by atoms with Crippen molar-refractivity contribution in [3.8, 4) is 11.1 Å². The van der Waals surface area contributed by atoms with Crippen LogP contribution in [-0.2, 0) is 5.41 Å². The van der Waals surface area contributed by atoms with Gasteiger partial charge in [-0.05, 0) is 70.8 Å². The largest absolute Gasteiger partial charge is 0.310 e. The summed E-state index contributed by atoms with van der Waals surface area (Å²) in [7, 11) is 0. The van der Waals surface area contributed by atoms with E-state index >= 15 is 0 Å². The molecule has 4 heteroatoms. The van der Waals surface area contributed by atoms with Gasteiger partial charge in [0.25, 0.3) is 0 Å². The molecule has 0 unspecified atom stereocenters. The van der Waals surface area contributed by atoms with Gasteiger partial charge in [0.15, 0.2) is 0 Å². The van der Waals surface area contributed by atoms with E-state index < -0.39 is 0 Å². The standard InChI is InChI=1S/C33H28N2OS/c1-33(2)29-12-6-8-14-31(29)34(32-15-9-7-13-30(32)33)26-20-22-28(23-21-26)37-35(36)27-18-16-25(17-19-27)24-10-4-3-5-11-24/h3-23,36H,1-2H3. The SMILES string of the molecule is CC1(C)c2ccccc2N(c2ccc(SN(O)c3ccc(-c4ccccc4)cc3)cc2)c2ccccc21. The van der Waals surface area contributed by atoms with E-state index in [1.54, 1.807) is 0 Å². The third kappa shape index (κ3) is 4.29. The van der Waals surface area contributed by atoms with Crippen LogP contribution in [0, 0.1) is 0 Å². The van der Waals surface area contributed by atoms with E-state index in [0.717, 1.165) is 27.4 Å². The molecule has 1 heterocycles. The van der Waals surface area contributed by atoms with Crippen molar-refractivity contribution >= 4 is 34.7 Å². The lowest BCUT2D eigenvalue weighted by atomic mass is 9.73. The van der Waals surface area contributed by atoms with Gasteiger partial charge in [-0.3, -0.25) is 5.21 Å². The smallest absolute Gasteiger partial charge is 0.0768 e. The molecular weight excluding hydrogens is 472 g/mol. The van der Waals surface area contributed by atoms with Gasteiger partial charge < -0.3 is 4.90 Å².